The molecule has 3 heteroatoms. The quantitative estimate of drug-likeness (QED) is 0.767. The Labute approximate surface area is 126 Å². The first-order valence-electron chi connectivity index (χ1n) is 7.46. The summed E-state index contributed by atoms with van der Waals surface area (Å²) in [6.45, 7) is 9.45. The van der Waals surface area contributed by atoms with Gasteiger partial charge in [-0.3, -0.25) is 0 Å². The number of carbonyl (C=O) groups is 1. The molecule has 0 N–H and O–H groups in total. The molecule has 0 aliphatic rings. The molecule has 2 aromatic rings. The number of benzene rings is 1. The Hall–Kier alpha value is -2.03. The van der Waals surface area contributed by atoms with Gasteiger partial charge < -0.3 is 9.30 Å². The Bertz CT molecular complexity index is 612. The fraction of sp³-hybridized carbons (Fsp3) is 0.389. The van der Waals surface area contributed by atoms with Crippen LogP contribution in [0.25, 0.3) is 11.1 Å². The molecule has 0 saturated heterocycles. The predicted octanol–water partition coefficient (Wildman–Crippen LogP) is 4.30. The van der Waals surface area contributed by atoms with E-state index in [0.717, 1.165) is 23.4 Å². The highest BCUT2D eigenvalue weighted by molar-refractivity contribution is 5.98. The van der Waals surface area contributed by atoms with E-state index in [1.807, 2.05) is 44.2 Å². The molecule has 0 saturated carbocycles. The van der Waals surface area contributed by atoms with Gasteiger partial charge in [-0.15, -0.1) is 0 Å². The first-order chi connectivity index (χ1) is 10.0. The minimum absolute atomic E-state index is 0.239. The first kappa shape index (κ1) is 15.4. The van der Waals surface area contributed by atoms with Crippen LogP contribution in [0.5, 0.6) is 0 Å². The van der Waals surface area contributed by atoms with E-state index in [9.17, 15) is 4.79 Å². The number of carbonyl (C=O) groups excluding carboxylic acids is 1. The average Bonchev–Trinajstić information content (AvgIpc) is 2.77. The van der Waals surface area contributed by atoms with Crippen molar-refractivity contribution in [3.8, 4) is 11.1 Å². The number of ether oxygens (including phenoxy) is 1. The topological polar surface area (TPSA) is 31.2 Å². The summed E-state index contributed by atoms with van der Waals surface area (Å²) >= 11 is 0. The molecule has 0 spiro atoms. The van der Waals surface area contributed by atoms with Crippen molar-refractivity contribution in [1.82, 2.24) is 4.57 Å². The zero-order chi connectivity index (χ0) is 15.4. The smallest absolute Gasteiger partial charge is 0.340 e. The van der Waals surface area contributed by atoms with E-state index in [4.69, 9.17) is 4.74 Å². The molecular weight excluding hydrogens is 262 g/mol. The summed E-state index contributed by atoms with van der Waals surface area (Å²) in [5.41, 5.74) is 3.66. The van der Waals surface area contributed by atoms with E-state index in [-0.39, 0.29) is 5.97 Å². The van der Waals surface area contributed by atoms with E-state index < -0.39 is 0 Å². The third kappa shape index (κ3) is 3.35. The molecule has 0 unspecified atom stereocenters. The maximum absolute atomic E-state index is 12.3. The average molecular weight is 285 g/mol. The summed E-state index contributed by atoms with van der Waals surface area (Å²) in [5.74, 6) is 0.283. The molecule has 0 atom stereocenters. The number of nitrogens with zero attached hydrogens (tertiary/aromatic N) is 1. The van der Waals surface area contributed by atoms with Crippen LogP contribution in [0.2, 0.25) is 0 Å². The Morgan fingerprint density at radius 2 is 1.90 bits per heavy atom. The van der Waals surface area contributed by atoms with Gasteiger partial charge in [0.05, 0.1) is 12.2 Å². The van der Waals surface area contributed by atoms with Crippen LogP contribution in [0.1, 0.15) is 36.8 Å². The van der Waals surface area contributed by atoms with Crippen molar-refractivity contribution in [2.24, 2.45) is 5.92 Å². The van der Waals surface area contributed by atoms with Gasteiger partial charge in [0.1, 0.15) is 0 Å². The van der Waals surface area contributed by atoms with Crippen molar-refractivity contribution >= 4 is 5.97 Å². The second kappa shape index (κ2) is 6.61. The molecule has 2 rings (SSSR count). The lowest BCUT2D eigenvalue weighted by Gasteiger charge is -2.09. The number of esters is 1. The van der Waals surface area contributed by atoms with Crippen molar-refractivity contribution in [2.75, 3.05) is 6.61 Å². The van der Waals surface area contributed by atoms with E-state index in [1.165, 1.54) is 0 Å². The molecule has 0 amide bonds. The van der Waals surface area contributed by atoms with Crippen molar-refractivity contribution in [3.05, 3.63) is 47.8 Å². The van der Waals surface area contributed by atoms with Crippen molar-refractivity contribution in [2.45, 2.75) is 34.2 Å². The molecule has 112 valence electrons. The van der Waals surface area contributed by atoms with E-state index in [0.29, 0.717) is 18.1 Å². The van der Waals surface area contributed by atoms with Gasteiger partial charge in [-0.25, -0.2) is 4.79 Å². The lowest BCUT2D eigenvalue weighted by Crippen LogP contribution is -2.09. The first-order valence-corrected chi connectivity index (χ1v) is 7.46. The zero-order valence-corrected chi connectivity index (χ0v) is 13.2. The van der Waals surface area contributed by atoms with Gasteiger partial charge in [-0.05, 0) is 25.3 Å². The van der Waals surface area contributed by atoms with Gasteiger partial charge >= 0.3 is 5.97 Å². The normalized spacial score (nSPS) is 10.9. The Morgan fingerprint density at radius 3 is 2.48 bits per heavy atom. The summed E-state index contributed by atoms with van der Waals surface area (Å²) in [7, 11) is 0. The molecular formula is C18H23NO2. The highest BCUT2D eigenvalue weighted by Gasteiger charge is 2.21. The van der Waals surface area contributed by atoms with Gasteiger partial charge in [0.2, 0.25) is 0 Å². The number of hydrogen-bond acceptors (Lipinski definition) is 2. The lowest BCUT2D eigenvalue weighted by atomic mass is 10.0. The Kier molecular flexibility index (Phi) is 4.84. The standard InChI is InChI=1S/C18H23NO2/c1-5-21-18(20)17-14(4)19(11-13(2)3)12-16(17)15-9-7-6-8-10-15/h6-10,12-13H,5,11H2,1-4H3. The van der Waals surface area contributed by atoms with Crippen LogP contribution in [-0.4, -0.2) is 17.1 Å². The summed E-state index contributed by atoms with van der Waals surface area (Å²) in [6.07, 6.45) is 2.07. The Morgan fingerprint density at radius 1 is 1.24 bits per heavy atom. The summed E-state index contributed by atoms with van der Waals surface area (Å²) in [5, 5.41) is 0. The minimum Gasteiger partial charge on any atom is -0.462 e. The molecule has 0 bridgehead atoms. The maximum Gasteiger partial charge on any atom is 0.340 e. The van der Waals surface area contributed by atoms with E-state index in [2.05, 4.69) is 24.6 Å². The van der Waals surface area contributed by atoms with Crippen molar-refractivity contribution in [3.63, 3.8) is 0 Å². The van der Waals surface area contributed by atoms with Crippen LogP contribution in [-0.2, 0) is 11.3 Å². The van der Waals surface area contributed by atoms with Crippen LogP contribution in [0.15, 0.2) is 36.5 Å². The number of rotatable bonds is 5. The van der Waals surface area contributed by atoms with Gasteiger partial charge in [0.15, 0.2) is 0 Å². The fourth-order valence-electron chi connectivity index (χ4n) is 2.54. The van der Waals surface area contributed by atoms with Gasteiger partial charge in [0.25, 0.3) is 0 Å². The Balaban J connectivity index is 2.54. The molecule has 3 nitrogen and oxygen atoms in total. The third-order valence-electron chi connectivity index (χ3n) is 3.47. The maximum atomic E-state index is 12.3. The number of aromatic nitrogens is 1. The van der Waals surface area contributed by atoms with Gasteiger partial charge in [-0.2, -0.15) is 0 Å². The van der Waals surface area contributed by atoms with Gasteiger partial charge in [-0.1, -0.05) is 44.2 Å². The molecule has 1 heterocycles. The molecule has 0 aliphatic carbocycles. The summed E-state index contributed by atoms with van der Waals surface area (Å²) in [4.78, 5) is 12.3. The minimum atomic E-state index is -0.239. The molecule has 21 heavy (non-hydrogen) atoms. The van der Waals surface area contributed by atoms with Crippen molar-refractivity contribution in [1.29, 1.82) is 0 Å². The van der Waals surface area contributed by atoms with Crippen LogP contribution < -0.4 is 0 Å². The lowest BCUT2D eigenvalue weighted by molar-refractivity contribution is 0.0526. The molecule has 1 aromatic carbocycles. The van der Waals surface area contributed by atoms with Crippen LogP contribution in [0.3, 0.4) is 0 Å². The molecule has 1 aromatic heterocycles. The highest BCUT2D eigenvalue weighted by atomic mass is 16.5. The highest BCUT2D eigenvalue weighted by Crippen LogP contribution is 2.29. The monoisotopic (exact) mass is 285 g/mol. The summed E-state index contributed by atoms with van der Waals surface area (Å²) in [6, 6.07) is 10.00. The van der Waals surface area contributed by atoms with Crippen LogP contribution in [0, 0.1) is 12.8 Å². The number of hydrogen-bond donors (Lipinski definition) is 0. The van der Waals surface area contributed by atoms with Crippen LogP contribution in [0.4, 0.5) is 0 Å². The second-order valence-electron chi connectivity index (χ2n) is 5.64. The van der Waals surface area contributed by atoms with E-state index >= 15 is 0 Å². The fourth-order valence-corrected chi connectivity index (χ4v) is 2.54. The van der Waals surface area contributed by atoms with Crippen molar-refractivity contribution < 1.29 is 9.53 Å². The molecule has 0 fully saturated rings. The van der Waals surface area contributed by atoms with Crippen LogP contribution >= 0.6 is 0 Å². The van der Waals surface area contributed by atoms with Gasteiger partial charge in [0, 0.05) is 24.0 Å². The SMILES string of the molecule is CCOC(=O)c1c(-c2ccccc2)cn(CC(C)C)c1C. The van der Waals surface area contributed by atoms with E-state index in [1.54, 1.807) is 0 Å². The predicted molar refractivity (Wildman–Crippen MR) is 85.4 cm³/mol. The second-order valence-corrected chi connectivity index (χ2v) is 5.64. The third-order valence-corrected chi connectivity index (χ3v) is 3.47. The summed E-state index contributed by atoms with van der Waals surface area (Å²) < 4.78 is 7.39. The molecule has 0 radical (unpaired) electrons. The zero-order valence-electron chi connectivity index (χ0n) is 13.2. The molecule has 0 aliphatic heterocycles. The largest absolute Gasteiger partial charge is 0.462 e.